The summed E-state index contributed by atoms with van der Waals surface area (Å²) in [5, 5.41) is 4.99. The van der Waals surface area contributed by atoms with E-state index in [0.29, 0.717) is 17.5 Å². The molecular weight excluding hydrogens is 773 g/mol. The lowest BCUT2D eigenvalue weighted by Gasteiger charge is -2.17. The molecule has 0 N–H and O–H groups in total. The zero-order valence-corrected chi connectivity index (χ0v) is 34.3. The Kier molecular flexibility index (Phi) is 8.65. The quantitative estimate of drug-likeness (QED) is 0.161. The summed E-state index contributed by atoms with van der Waals surface area (Å²) in [4.78, 5) is 15.8. The third-order valence-electron chi connectivity index (χ3n) is 11.9. The Morgan fingerprint density at radius 1 is 0.306 bits per heavy atom. The number of nitrogens with zero attached hydrogens (tertiary/aromatic N) is 4. The highest BCUT2D eigenvalue weighted by Gasteiger charge is 2.20. The Balaban J connectivity index is 1.08. The fourth-order valence-electron chi connectivity index (χ4n) is 8.98. The molecule has 0 saturated heterocycles. The molecule has 12 rings (SSSR count). The van der Waals surface area contributed by atoms with Gasteiger partial charge in [-0.3, -0.25) is 0 Å². The van der Waals surface area contributed by atoms with Gasteiger partial charge in [0.2, 0.25) is 0 Å². The van der Waals surface area contributed by atoms with Gasteiger partial charge in [-0.15, -0.1) is 11.3 Å². The van der Waals surface area contributed by atoms with Crippen molar-refractivity contribution in [2.24, 2.45) is 0 Å². The Bertz CT molecular complexity index is 3580. The molecule has 0 aliphatic rings. The van der Waals surface area contributed by atoms with Crippen LogP contribution in [0.3, 0.4) is 0 Å². The second-order valence-electron chi connectivity index (χ2n) is 15.5. The molecular formula is C57H36N4S. The van der Waals surface area contributed by atoms with Crippen LogP contribution in [0.15, 0.2) is 218 Å². The summed E-state index contributed by atoms with van der Waals surface area (Å²) >= 11 is 1.85. The number of hydrogen-bond donors (Lipinski definition) is 0. The van der Waals surface area contributed by atoms with E-state index in [1.54, 1.807) is 0 Å². The molecule has 0 bridgehead atoms. The molecule has 0 saturated carbocycles. The molecule has 0 aliphatic carbocycles. The van der Waals surface area contributed by atoms with E-state index < -0.39 is 0 Å². The topological polar surface area (TPSA) is 43.6 Å². The molecule has 0 atom stereocenters. The summed E-state index contributed by atoms with van der Waals surface area (Å²) in [6.07, 6.45) is 0. The molecule has 0 spiro atoms. The lowest BCUT2D eigenvalue weighted by atomic mass is 9.92. The van der Waals surface area contributed by atoms with E-state index in [-0.39, 0.29) is 0 Å². The first kappa shape index (κ1) is 35.9. The van der Waals surface area contributed by atoms with Gasteiger partial charge in [0.1, 0.15) is 0 Å². The van der Waals surface area contributed by atoms with Crippen molar-refractivity contribution in [3.63, 3.8) is 0 Å². The minimum atomic E-state index is 0.607. The second-order valence-corrected chi connectivity index (χ2v) is 16.6. The van der Waals surface area contributed by atoms with E-state index in [2.05, 4.69) is 205 Å². The summed E-state index contributed by atoms with van der Waals surface area (Å²) in [5.74, 6) is 1.84. The number of thiophene rings is 1. The SMILES string of the molecule is c1ccc(-c2nc(-c3ccc(-c4cccc5c4sc4ccccc45)c(-c4ccccc4)c3)nc(-c3ccc(-c4ccccc4)c(-n4c5ccccc5c5ccccc54)c3)n2)cc1. The smallest absolute Gasteiger partial charge is 0.164 e. The number of hydrogen-bond acceptors (Lipinski definition) is 4. The van der Waals surface area contributed by atoms with Crippen LogP contribution in [-0.4, -0.2) is 19.5 Å². The highest BCUT2D eigenvalue weighted by atomic mass is 32.1. The first-order valence-electron chi connectivity index (χ1n) is 20.9. The van der Waals surface area contributed by atoms with E-state index in [4.69, 9.17) is 15.0 Å². The lowest BCUT2D eigenvalue weighted by Crippen LogP contribution is -2.02. The van der Waals surface area contributed by atoms with Crippen molar-refractivity contribution in [2.45, 2.75) is 0 Å². The maximum absolute atomic E-state index is 5.34. The molecule has 0 amide bonds. The molecule has 290 valence electrons. The largest absolute Gasteiger partial charge is 0.309 e. The molecule has 0 unspecified atom stereocenters. The van der Waals surface area contributed by atoms with Gasteiger partial charge in [0.25, 0.3) is 0 Å². The van der Waals surface area contributed by atoms with Gasteiger partial charge in [-0.05, 0) is 52.6 Å². The molecule has 0 fully saturated rings. The van der Waals surface area contributed by atoms with Crippen LogP contribution in [0, 0.1) is 0 Å². The molecule has 4 nitrogen and oxygen atoms in total. The maximum Gasteiger partial charge on any atom is 0.164 e. The molecule has 12 aromatic rings. The van der Waals surface area contributed by atoms with Gasteiger partial charge < -0.3 is 4.57 Å². The highest BCUT2D eigenvalue weighted by molar-refractivity contribution is 7.26. The van der Waals surface area contributed by atoms with E-state index in [0.717, 1.165) is 55.7 Å². The monoisotopic (exact) mass is 808 g/mol. The van der Waals surface area contributed by atoms with Crippen LogP contribution >= 0.6 is 11.3 Å². The molecule has 5 heteroatoms. The molecule has 3 aromatic heterocycles. The number of fused-ring (bicyclic) bond motifs is 6. The predicted octanol–water partition coefficient (Wildman–Crippen LogP) is 15.3. The van der Waals surface area contributed by atoms with Crippen molar-refractivity contribution in [1.29, 1.82) is 0 Å². The highest BCUT2D eigenvalue weighted by Crippen LogP contribution is 2.44. The molecule has 62 heavy (non-hydrogen) atoms. The molecule has 0 aliphatic heterocycles. The average Bonchev–Trinajstić information content (AvgIpc) is 3.90. The van der Waals surface area contributed by atoms with E-state index in [9.17, 15) is 0 Å². The predicted molar refractivity (Wildman–Crippen MR) is 260 cm³/mol. The van der Waals surface area contributed by atoms with E-state index >= 15 is 0 Å². The fourth-order valence-corrected chi connectivity index (χ4v) is 10.2. The van der Waals surface area contributed by atoms with E-state index in [1.165, 1.54) is 42.1 Å². The van der Waals surface area contributed by atoms with Crippen LogP contribution < -0.4 is 0 Å². The average molecular weight is 809 g/mol. The molecule has 3 heterocycles. The lowest BCUT2D eigenvalue weighted by molar-refractivity contribution is 1.07. The van der Waals surface area contributed by atoms with Gasteiger partial charge in [0.15, 0.2) is 17.5 Å². The van der Waals surface area contributed by atoms with Crippen LogP contribution in [0.2, 0.25) is 0 Å². The van der Waals surface area contributed by atoms with Gasteiger partial charge in [-0.25, -0.2) is 15.0 Å². The van der Waals surface area contributed by atoms with Crippen molar-refractivity contribution in [2.75, 3.05) is 0 Å². The Hall–Kier alpha value is -7.99. The van der Waals surface area contributed by atoms with Crippen LogP contribution in [0.25, 0.3) is 115 Å². The third-order valence-corrected chi connectivity index (χ3v) is 13.1. The minimum Gasteiger partial charge on any atom is -0.309 e. The number of rotatable bonds is 7. The fraction of sp³-hybridized carbons (Fsp3) is 0. The second kappa shape index (κ2) is 14.9. The standard InChI is InChI=1S/C57H36N4S/c1-4-17-37(18-5-1)42-33-31-41(36-52(42)61-50-28-13-10-23-44(50)45-24-11-14-29-51(45)61)57-59-55(39-21-8-3-9-22-39)58-56(60-57)40-32-34-43(49(35-40)38-19-6-2-7-20-38)47-26-16-27-48-46-25-12-15-30-53(46)62-54(47)48/h1-36H. The number of para-hydroxylation sites is 2. The summed E-state index contributed by atoms with van der Waals surface area (Å²) in [6.45, 7) is 0. The van der Waals surface area contributed by atoms with Crippen molar-refractivity contribution in [1.82, 2.24) is 19.5 Å². The summed E-state index contributed by atoms with van der Waals surface area (Å²) in [7, 11) is 0. The van der Waals surface area contributed by atoms with Crippen LogP contribution in [0.4, 0.5) is 0 Å². The first-order chi connectivity index (χ1) is 30.7. The van der Waals surface area contributed by atoms with Crippen molar-refractivity contribution >= 4 is 53.3 Å². The van der Waals surface area contributed by atoms with Gasteiger partial charge in [0, 0.05) is 58.8 Å². The zero-order chi connectivity index (χ0) is 41.0. The van der Waals surface area contributed by atoms with Gasteiger partial charge in [0.05, 0.1) is 16.7 Å². The van der Waals surface area contributed by atoms with E-state index in [1.807, 2.05) is 29.5 Å². The molecule has 0 radical (unpaired) electrons. The summed E-state index contributed by atoms with van der Waals surface area (Å²) in [5.41, 5.74) is 13.0. The normalized spacial score (nSPS) is 11.5. The van der Waals surface area contributed by atoms with Gasteiger partial charge in [-0.2, -0.15) is 0 Å². The maximum atomic E-state index is 5.34. The van der Waals surface area contributed by atoms with Crippen molar-refractivity contribution < 1.29 is 0 Å². The number of benzene rings is 9. The Morgan fingerprint density at radius 3 is 1.44 bits per heavy atom. The Morgan fingerprint density at radius 2 is 0.790 bits per heavy atom. The van der Waals surface area contributed by atoms with Gasteiger partial charge >= 0.3 is 0 Å². The summed E-state index contributed by atoms with van der Waals surface area (Å²) < 4.78 is 4.96. The van der Waals surface area contributed by atoms with Crippen molar-refractivity contribution in [3.05, 3.63) is 218 Å². The first-order valence-corrected chi connectivity index (χ1v) is 21.7. The van der Waals surface area contributed by atoms with Crippen molar-refractivity contribution in [3.8, 4) is 73.2 Å². The third kappa shape index (κ3) is 6.09. The summed E-state index contributed by atoms with van der Waals surface area (Å²) in [6, 6.07) is 77.4. The van der Waals surface area contributed by atoms with Gasteiger partial charge in [-0.1, -0.05) is 188 Å². The van der Waals surface area contributed by atoms with Crippen LogP contribution in [-0.2, 0) is 0 Å². The molecule has 9 aromatic carbocycles. The van der Waals surface area contributed by atoms with Crippen LogP contribution in [0.5, 0.6) is 0 Å². The van der Waals surface area contributed by atoms with Crippen LogP contribution in [0.1, 0.15) is 0 Å². The minimum absolute atomic E-state index is 0.607. The number of aromatic nitrogens is 4. The Labute approximate surface area is 362 Å². The zero-order valence-electron chi connectivity index (χ0n) is 33.5.